The summed E-state index contributed by atoms with van der Waals surface area (Å²) in [5, 5.41) is 3.10. The van der Waals surface area contributed by atoms with Gasteiger partial charge in [-0.2, -0.15) is 0 Å². The van der Waals surface area contributed by atoms with E-state index in [0.717, 1.165) is 42.3 Å². The van der Waals surface area contributed by atoms with Crippen LogP contribution in [0.15, 0.2) is 42.5 Å². The van der Waals surface area contributed by atoms with Crippen LogP contribution in [0.5, 0.6) is 11.5 Å². The van der Waals surface area contributed by atoms with Gasteiger partial charge in [0.25, 0.3) is 5.91 Å². The molecule has 0 bridgehead atoms. The van der Waals surface area contributed by atoms with Gasteiger partial charge in [0.05, 0.1) is 32.5 Å². The van der Waals surface area contributed by atoms with Crippen LogP contribution in [0, 0.1) is 5.92 Å². The van der Waals surface area contributed by atoms with E-state index in [9.17, 15) is 4.79 Å². The number of rotatable bonds is 5. The van der Waals surface area contributed by atoms with Gasteiger partial charge >= 0.3 is 0 Å². The van der Waals surface area contributed by atoms with Crippen LogP contribution in [0.2, 0.25) is 0 Å². The Morgan fingerprint density at radius 1 is 1.21 bits per heavy atom. The number of hydrogen-bond acceptors (Lipinski definition) is 5. The Balaban J connectivity index is 1.38. The molecule has 1 atom stereocenters. The fraction of sp³-hybridized carbons (Fsp3) is 0.409. The standard InChI is InChI=1S/C22H26N2O4/c1-26-18-7-6-17-12-16(15-28-21(17)13-18)14-23-22(25)19-4-2-3-5-20(19)24-8-10-27-11-9-24/h2-7,13,16H,8-12,14-15H2,1H3,(H,23,25)/t16-/m1/s1. The highest BCUT2D eigenvalue weighted by Gasteiger charge is 2.23. The number of fused-ring (bicyclic) bond motifs is 1. The van der Waals surface area contributed by atoms with Gasteiger partial charge in [0, 0.05) is 37.3 Å². The maximum absolute atomic E-state index is 12.9. The number of anilines is 1. The lowest BCUT2D eigenvalue weighted by atomic mass is 9.96. The molecule has 0 radical (unpaired) electrons. The first-order valence-corrected chi connectivity index (χ1v) is 9.74. The maximum Gasteiger partial charge on any atom is 0.253 e. The molecule has 28 heavy (non-hydrogen) atoms. The molecule has 1 N–H and O–H groups in total. The molecule has 6 heteroatoms. The quantitative estimate of drug-likeness (QED) is 0.861. The first-order valence-electron chi connectivity index (χ1n) is 9.74. The molecule has 6 nitrogen and oxygen atoms in total. The van der Waals surface area contributed by atoms with Crippen molar-refractivity contribution in [3.63, 3.8) is 0 Å². The van der Waals surface area contributed by atoms with Crippen molar-refractivity contribution in [2.45, 2.75) is 6.42 Å². The molecule has 4 rings (SSSR count). The number of benzene rings is 2. The number of hydrogen-bond donors (Lipinski definition) is 1. The molecular formula is C22H26N2O4. The van der Waals surface area contributed by atoms with Gasteiger partial charge in [-0.25, -0.2) is 0 Å². The summed E-state index contributed by atoms with van der Waals surface area (Å²) in [6.07, 6.45) is 0.880. The average molecular weight is 382 g/mol. The molecule has 2 aliphatic rings. The van der Waals surface area contributed by atoms with E-state index in [-0.39, 0.29) is 11.8 Å². The van der Waals surface area contributed by atoms with Gasteiger partial charge in [0.1, 0.15) is 11.5 Å². The fourth-order valence-electron chi connectivity index (χ4n) is 3.75. The Hall–Kier alpha value is -2.73. The first-order chi connectivity index (χ1) is 13.7. The van der Waals surface area contributed by atoms with E-state index < -0.39 is 0 Å². The van der Waals surface area contributed by atoms with Crippen LogP contribution in [0.4, 0.5) is 5.69 Å². The molecule has 1 amide bonds. The second-order valence-corrected chi connectivity index (χ2v) is 7.18. The third kappa shape index (κ3) is 4.07. The molecule has 2 aromatic rings. The van der Waals surface area contributed by atoms with E-state index in [0.29, 0.717) is 31.9 Å². The zero-order valence-corrected chi connectivity index (χ0v) is 16.1. The van der Waals surface area contributed by atoms with Crippen molar-refractivity contribution in [2.24, 2.45) is 5.92 Å². The normalized spacial score (nSPS) is 18.8. The molecule has 0 unspecified atom stereocenters. The molecule has 2 heterocycles. The zero-order chi connectivity index (χ0) is 19.3. The lowest BCUT2D eigenvalue weighted by molar-refractivity contribution is 0.0937. The summed E-state index contributed by atoms with van der Waals surface area (Å²) in [5.74, 6) is 1.88. The highest BCUT2D eigenvalue weighted by Crippen LogP contribution is 2.31. The van der Waals surface area contributed by atoms with Crippen molar-refractivity contribution in [2.75, 3.05) is 51.5 Å². The lowest BCUT2D eigenvalue weighted by Gasteiger charge is -2.30. The van der Waals surface area contributed by atoms with E-state index in [1.807, 2.05) is 42.5 Å². The molecule has 1 fully saturated rings. The number of para-hydroxylation sites is 1. The van der Waals surface area contributed by atoms with Crippen molar-refractivity contribution in [1.29, 1.82) is 0 Å². The van der Waals surface area contributed by atoms with E-state index >= 15 is 0 Å². The van der Waals surface area contributed by atoms with E-state index in [2.05, 4.69) is 10.2 Å². The van der Waals surface area contributed by atoms with Crippen LogP contribution in [0.3, 0.4) is 0 Å². The zero-order valence-electron chi connectivity index (χ0n) is 16.1. The molecular weight excluding hydrogens is 356 g/mol. The van der Waals surface area contributed by atoms with Crippen molar-refractivity contribution >= 4 is 11.6 Å². The minimum Gasteiger partial charge on any atom is -0.497 e. The van der Waals surface area contributed by atoms with Gasteiger partial charge in [0.2, 0.25) is 0 Å². The Morgan fingerprint density at radius 2 is 2.04 bits per heavy atom. The molecule has 0 aromatic heterocycles. The smallest absolute Gasteiger partial charge is 0.253 e. The first kappa shape index (κ1) is 18.6. The molecule has 0 aliphatic carbocycles. The molecule has 0 saturated carbocycles. The lowest BCUT2D eigenvalue weighted by Crippen LogP contribution is -2.39. The minimum atomic E-state index is -0.0392. The Morgan fingerprint density at radius 3 is 2.86 bits per heavy atom. The van der Waals surface area contributed by atoms with Crippen LogP contribution in [0.1, 0.15) is 15.9 Å². The molecule has 0 spiro atoms. The highest BCUT2D eigenvalue weighted by atomic mass is 16.5. The highest BCUT2D eigenvalue weighted by molar-refractivity contribution is 5.99. The van der Waals surface area contributed by atoms with Crippen molar-refractivity contribution in [3.05, 3.63) is 53.6 Å². The predicted molar refractivity (Wildman–Crippen MR) is 107 cm³/mol. The number of morpholine rings is 1. The Kier molecular flexibility index (Phi) is 5.67. The number of ether oxygens (including phenoxy) is 3. The Labute approximate surface area is 165 Å². The van der Waals surface area contributed by atoms with Gasteiger partial charge < -0.3 is 24.4 Å². The number of nitrogens with zero attached hydrogens (tertiary/aromatic N) is 1. The van der Waals surface area contributed by atoms with Crippen LogP contribution >= 0.6 is 0 Å². The average Bonchev–Trinajstić information content (AvgIpc) is 2.77. The van der Waals surface area contributed by atoms with Crippen LogP contribution in [-0.4, -0.2) is 52.5 Å². The summed E-state index contributed by atoms with van der Waals surface area (Å²) >= 11 is 0. The molecule has 148 valence electrons. The summed E-state index contributed by atoms with van der Waals surface area (Å²) in [5.41, 5.74) is 2.84. The topological polar surface area (TPSA) is 60.0 Å². The minimum absolute atomic E-state index is 0.0392. The number of amides is 1. The van der Waals surface area contributed by atoms with Gasteiger partial charge in [-0.3, -0.25) is 4.79 Å². The van der Waals surface area contributed by atoms with E-state index in [1.54, 1.807) is 7.11 Å². The van der Waals surface area contributed by atoms with Gasteiger partial charge in [-0.15, -0.1) is 0 Å². The van der Waals surface area contributed by atoms with Gasteiger partial charge in [-0.1, -0.05) is 18.2 Å². The molecule has 1 saturated heterocycles. The fourth-order valence-corrected chi connectivity index (χ4v) is 3.75. The molecule has 2 aliphatic heterocycles. The molecule has 2 aromatic carbocycles. The number of methoxy groups -OCH3 is 1. The Bertz CT molecular complexity index is 833. The third-order valence-corrected chi connectivity index (χ3v) is 5.31. The van der Waals surface area contributed by atoms with Crippen molar-refractivity contribution in [1.82, 2.24) is 5.32 Å². The summed E-state index contributed by atoms with van der Waals surface area (Å²) in [6, 6.07) is 13.7. The summed E-state index contributed by atoms with van der Waals surface area (Å²) in [4.78, 5) is 15.1. The monoisotopic (exact) mass is 382 g/mol. The number of nitrogens with one attached hydrogen (secondary N) is 1. The summed E-state index contributed by atoms with van der Waals surface area (Å²) in [6.45, 7) is 4.18. The van der Waals surface area contributed by atoms with Gasteiger partial charge in [-0.05, 0) is 30.2 Å². The van der Waals surface area contributed by atoms with E-state index in [4.69, 9.17) is 14.2 Å². The summed E-state index contributed by atoms with van der Waals surface area (Å²) in [7, 11) is 1.65. The maximum atomic E-state index is 12.9. The second kappa shape index (κ2) is 8.52. The third-order valence-electron chi connectivity index (χ3n) is 5.31. The van der Waals surface area contributed by atoms with Crippen LogP contribution in [-0.2, 0) is 11.2 Å². The number of carbonyl (C=O) groups is 1. The SMILES string of the molecule is COc1ccc2c(c1)OC[C@@H](CNC(=O)c1ccccc1N1CCOCC1)C2. The number of carbonyl (C=O) groups excluding carboxylic acids is 1. The van der Waals surface area contributed by atoms with Crippen LogP contribution < -0.4 is 19.7 Å². The second-order valence-electron chi connectivity index (χ2n) is 7.18. The largest absolute Gasteiger partial charge is 0.497 e. The van der Waals surface area contributed by atoms with Crippen molar-refractivity contribution < 1.29 is 19.0 Å². The van der Waals surface area contributed by atoms with E-state index in [1.165, 1.54) is 0 Å². The van der Waals surface area contributed by atoms with Gasteiger partial charge in [0.15, 0.2) is 0 Å². The van der Waals surface area contributed by atoms with Crippen molar-refractivity contribution in [3.8, 4) is 11.5 Å². The summed E-state index contributed by atoms with van der Waals surface area (Å²) < 4.78 is 16.6. The predicted octanol–water partition coefficient (Wildman–Crippen LogP) is 2.51. The van der Waals surface area contributed by atoms with Crippen LogP contribution in [0.25, 0.3) is 0 Å².